The van der Waals surface area contributed by atoms with E-state index >= 15 is 0 Å². The zero-order chi connectivity index (χ0) is 24.2. The standard InChI is InChI=1S/C26H22N4O4/c31-23(16-14-19-8-3-1-4-9-19)27-29-25(33)21-12-7-13-22(18-21)26(34)30-28-24(32)17-15-20-10-5-2-6-11-20/h1-18H,(H,27,31)(H,28,32)(H,29,33)(H,30,34). The number of hydrogen-bond donors (Lipinski definition) is 4. The Hall–Kier alpha value is -4.98. The van der Waals surface area contributed by atoms with E-state index in [4.69, 9.17) is 0 Å². The highest BCUT2D eigenvalue weighted by Crippen LogP contribution is 2.05. The topological polar surface area (TPSA) is 116 Å². The first-order chi connectivity index (χ1) is 16.5. The van der Waals surface area contributed by atoms with Crippen LogP contribution in [-0.2, 0) is 9.59 Å². The van der Waals surface area contributed by atoms with E-state index < -0.39 is 23.6 Å². The molecule has 0 spiro atoms. The van der Waals surface area contributed by atoms with Crippen molar-refractivity contribution in [2.24, 2.45) is 0 Å². The Balaban J connectivity index is 1.49. The third-order valence-electron chi connectivity index (χ3n) is 4.44. The van der Waals surface area contributed by atoms with Crippen LogP contribution in [0.5, 0.6) is 0 Å². The van der Waals surface area contributed by atoms with Crippen molar-refractivity contribution in [3.8, 4) is 0 Å². The van der Waals surface area contributed by atoms with Gasteiger partial charge in [0.15, 0.2) is 0 Å². The van der Waals surface area contributed by atoms with Gasteiger partial charge in [-0.3, -0.25) is 40.9 Å². The number of rotatable bonds is 6. The van der Waals surface area contributed by atoms with Gasteiger partial charge in [-0.1, -0.05) is 66.7 Å². The fraction of sp³-hybridized carbons (Fsp3) is 0. The normalized spacial score (nSPS) is 10.6. The molecule has 0 fully saturated rings. The van der Waals surface area contributed by atoms with Crippen molar-refractivity contribution in [2.75, 3.05) is 0 Å². The van der Waals surface area contributed by atoms with E-state index in [0.717, 1.165) is 11.1 Å². The minimum Gasteiger partial charge on any atom is -0.268 e. The number of hydrogen-bond acceptors (Lipinski definition) is 4. The summed E-state index contributed by atoms with van der Waals surface area (Å²) in [5, 5.41) is 0. The largest absolute Gasteiger partial charge is 0.269 e. The van der Waals surface area contributed by atoms with Gasteiger partial charge in [-0.15, -0.1) is 0 Å². The van der Waals surface area contributed by atoms with Crippen LogP contribution >= 0.6 is 0 Å². The maximum absolute atomic E-state index is 12.3. The Labute approximate surface area is 196 Å². The first-order valence-electron chi connectivity index (χ1n) is 10.3. The van der Waals surface area contributed by atoms with Gasteiger partial charge >= 0.3 is 0 Å². The third kappa shape index (κ3) is 7.61. The lowest BCUT2D eigenvalue weighted by molar-refractivity contribution is -0.117. The van der Waals surface area contributed by atoms with Crippen molar-refractivity contribution in [3.63, 3.8) is 0 Å². The van der Waals surface area contributed by atoms with Crippen molar-refractivity contribution >= 4 is 35.8 Å². The predicted octanol–water partition coefficient (Wildman–Crippen LogP) is 2.64. The second kappa shape index (κ2) is 12.2. The van der Waals surface area contributed by atoms with Crippen molar-refractivity contribution in [3.05, 3.63) is 119 Å². The zero-order valence-electron chi connectivity index (χ0n) is 18.0. The van der Waals surface area contributed by atoms with Crippen molar-refractivity contribution in [2.45, 2.75) is 0 Å². The Kier molecular flexibility index (Phi) is 8.47. The van der Waals surface area contributed by atoms with Crippen LogP contribution in [-0.4, -0.2) is 23.6 Å². The molecule has 0 unspecified atom stereocenters. The van der Waals surface area contributed by atoms with E-state index in [0.29, 0.717) is 0 Å². The maximum Gasteiger partial charge on any atom is 0.269 e. The van der Waals surface area contributed by atoms with Gasteiger partial charge in [0.1, 0.15) is 0 Å². The van der Waals surface area contributed by atoms with Crippen LogP contribution in [0, 0.1) is 0 Å². The average Bonchev–Trinajstić information content (AvgIpc) is 2.89. The van der Waals surface area contributed by atoms with E-state index in [1.54, 1.807) is 12.2 Å². The molecule has 3 rings (SSSR count). The molecule has 0 heterocycles. The highest BCUT2D eigenvalue weighted by atomic mass is 16.2. The Morgan fingerprint density at radius 3 is 1.32 bits per heavy atom. The Morgan fingerprint density at radius 2 is 0.912 bits per heavy atom. The highest BCUT2D eigenvalue weighted by molar-refractivity contribution is 6.02. The first-order valence-corrected chi connectivity index (χ1v) is 10.3. The van der Waals surface area contributed by atoms with Crippen LogP contribution in [0.2, 0.25) is 0 Å². The smallest absolute Gasteiger partial charge is 0.268 e. The predicted molar refractivity (Wildman–Crippen MR) is 129 cm³/mol. The summed E-state index contributed by atoms with van der Waals surface area (Å²) in [4.78, 5) is 48.4. The number of benzene rings is 3. The molecule has 0 bridgehead atoms. The number of carbonyl (C=O) groups is 4. The Morgan fingerprint density at radius 1 is 0.500 bits per heavy atom. The Bertz CT molecular complexity index is 1130. The molecule has 0 aliphatic carbocycles. The van der Waals surface area contributed by atoms with Gasteiger partial charge in [0.2, 0.25) is 0 Å². The van der Waals surface area contributed by atoms with Crippen LogP contribution in [0.25, 0.3) is 12.2 Å². The van der Waals surface area contributed by atoms with Gasteiger partial charge in [0.05, 0.1) is 0 Å². The molecule has 4 amide bonds. The SMILES string of the molecule is O=C(C=Cc1ccccc1)NNC(=O)c1cccc(C(=O)NNC(=O)C=Cc2ccccc2)c1. The summed E-state index contributed by atoms with van der Waals surface area (Å²) in [6.45, 7) is 0. The van der Waals surface area contributed by atoms with Crippen molar-refractivity contribution in [1.82, 2.24) is 21.7 Å². The molecule has 0 atom stereocenters. The van der Waals surface area contributed by atoms with Gasteiger partial charge in [-0.05, 0) is 41.5 Å². The molecule has 0 aliphatic heterocycles. The summed E-state index contributed by atoms with van der Waals surface area (Å²) in [6, 6.07) is 24.3. The van der Waals surface area contributed by atoms with E-state index in [1.807, 2.05) is 60.7 Å². The van der Waals surface area contributed by atoms with Crippen LogP contribution in [0.3, 0.4) is 0 Å². The molecule has 3 aromatic carbocycles. The summed E-state index contributed by atoms with van der Waals surface area (Å²) in [7, 11) is 0. The molecular weight excluding hydrogens is 432 g/mol. The molecule has 0 saturated heterocycles. The summed E-state index contributed by atoms with van der Waals surface area (Å²) < 4.78 is 0. The van der Waals surface area contributed by atoms with Gasteiger partial charge in [-0.2, -0.15) is 0 Å². The van der Waals surface area contributed by atoms with E-state index in [2.05, 4.69) is 21.7 Å². The minimum absolute atomic E-state index is 0.148. The lowest BCUT2D eigenvalue weighted by Gasteiger charge is -2.08. The second-order valence-corrected chi connectivity index (χ2v) is 6.96. The van der Waals surface area contributed by atoms with Crippen LogP contribution in [0.1, 0.15) is 31.8 Å². The molecular formula is C26H22N4O4. The van der Waals surface area contributed by atoms with Gasteiger partial charge in [0, 0.05) is 23.3 Å². The quantitative estimate of drug-likeness (QED) is 0.338. The van der Waals surface area contributed by atoms with E-state index in [-0.39, 0.29) is 11.1 Å². The lowest BCUT2D eigenvalue weighted by atomic mass is 10.1. The second-order valence-electron chi connectivity index (χ2n) is 6.96. The molecule has 34 heavy (non-hydrogen) atoms. The number of nitrogens with one attached hydrogen (secondary N) is 4. The monoisotopic (exact) mass is 454 g/mol. The third-order valence-corrected chi connectivity index (χ3v) is 4.44. The number of carbonyl (C=O) groups excluding carboxylic acids is 4. The van der Waals surface area contributed by atoms with E-state index in [9.17, 15) is 19.2 Å². The molecule has 170 valence electrons. The fourth-order valence-electron chi connectivity index (χ4n) is 2.74. The number of amides is 4. The lowest BCUT2D eigenvalue weighted by Crippen LogP contribution is -2.41. The van der Waals surface area contributed by atoms with Crippen LogP contribution < -0.4 is 21.7 Å². The molecule has 0 aliphatic rings. The number of hydrazine groups is 2. The maximum atomic E-state index is 12.3. The molecule has 0 saturated carbocycles. The molecule has 3 aromatic rings. The van der Waals surface area contributed by atoms with Gasteiger partial charge < -0.3 is 0 Å². The van der Waals surface area contributed by atoms with E-state index in [1.165, 1.54) is 36.4 Å². The summed E-state index contributed by atoms with van der Waals surface area (Å²) in [5.74, 6) is -2.24. The molecule has 0 radical (unpaired) electrons. The molecule has 4 N–H and O–H groups in total. The highest BCUT2D eigenvalue weighted by Gasteiger charge is 2.11. The summed E-state index contributed by atoms with van der Waals surface area (Å²) >= 11 is 0. The summed E-state index contributed by atoms with van der Waals surface area (Å²) in [6.07, 6.45) is 5.79. The van der Waals surface area contributed by atoms with Gasteiger partial charge in [-0.25, -0.2) is 0 Å². The fourth-order valence-corrected chi connectivity index (χ4v) is 2.74. The average molecular weight is 454 g/mol. The zero-order valence-corrected chi connectivity index (χ0v) is 18.0. The van der Waals surface area contributed by atoms with Crippen molar-refractivity contribution < 1.29 is 19.2 Å². The van der Waals surface area contributed by atoms with Crippen molar-refractivity contribution in [1.29, 1.82) is 0 Å². The molecule has 0 aromatic heterocycles. The van der Waals surface area contributed by atoms with Gasteiger partial charge in [0.25, 0.3) is 23.6 Å². The van der Waals surface area contributed by atoms with Crippen LogP contribution in [0.15, 0.2) is 97.1 Å². The first kappa shape index (κ1) is 23.7. The molecule has 8 heteroatoms. The molecule has 8 nitrogen and oxygen atoms in total. The van der Waals surface area contributed by atoms with Crippen LogP contribution in [0.4, 0.5) is 0 Å². The summed E-state index contributed by atoms with van der Waals surface area (Å²) in [5.41, 5.74) is 11.1. The minimum atomic E-state index is -0.606.